The molecular formula is C26H30N2O7. The maximum Gasteiger partial charge on any atom is 0.295 e. The zero-order valence-corrected chi connectivity index (χ0v) is 20.2. The van der Waals surface area contributed by atoms with Crippen LogP contribution in [0.25, 0.3) is 5.76 Å². The number of amides is 1. The first kappa shape index (κ1) is 24.6. The van der Waals surface area contributed by atoms with Crippen molar-refractivity contribution in [2.45, 2.75) is 6.04 Å². The number of ether oxygens (including phenoxy) is 4. The number of morpholine rings is 1. The Morgan fingerprint density at radius 3 is 2.23 bits per heavy atom. The normalized spacial score (nSPS) is 20.2. The Labute approximate surface area is 204 Å². The Hall–Kier alpha value is -3.56. The predicted molar refractivity (Wildman–Crippen MR) is 129 cm³/mol. The molecule has 0 bridgehead atoms. The molecular weight excluding hydrogens is 452 g/mol. The van der Waals surface area contributed by atoms with Crippen molar-refractivity contribution < 1.29 is 33.6 Å². The number of aliphatic hydroxyl groups excluding tert-OH is 1. The van der Waals surface area contributed by atoms with E-state index in [0.29, 0.717) is 54.7 Å². The average Bonchev–Trinajstić information content (AvgIpc) is 3.16. The first-order valence-electron chi connectivity index (χ1n) is 11.4. The summed E-state index contributed by atoms with van der Waals surface area (Å²) in [6.45, 7) is 3.63. The van der Waals surface area contributed by atoms with Gasteiger partial charge in [-0.3, -0.25) is 14.5 Å². The molecule has 2 saturated heterocycles. The van der Waals surface area contributed by atoms with E-state index in [1.807, 2.05) is 0 Å². The van der Waals surface area contributed by atoms with Crippen molar-refractivity contribution in [2.24, 2.45) is 0 Å². The highest BCUT2D eigenvalue weighted by Crippen LogP contribution is 2.43. The minimum Gasteiger partial charge on any atom is -0.507 e. The van der Waals surface area contributed by atoms with Gasteiger partial charge >= 0.3 is 0 Å². The van der Waals surface area contributed by atoms with E-state index in [1.54, 1.807) is 49.6 Å². The number of carbonyl (C=O) groups is 2. The summed E-state index contributed by atoms with van der Waals surface area (Å²) < 4.78 is 21.6. The molecule has 0 aliphatic carbocycles. The Morgan fingerprint density at radius 2 is 1.60 bits per heavy atom. The molecule has 2 aromatic carbocycles. The fraction of sp³-hybridized carbons (Fsp3) is 0.385. The number of Topliss-reactive ketones (excluding diaryl/α,β-unsaturated/α-hetero) is 1. The number of aliphatic hydroxyl groups is 1. The number of likely N-dealkylation sites (tertiary alicyclic amines) is 1. The Morgan fingerprint density at radius 1 is 0.943 bits per heavy atom. The maximum atomic E-state index is 13.3. The molecule has 1 unspecified atom stereocenters. The molecule has 0 radical (unpaired) electrons. The number of hydrogen-bond donors (Lipinski definition) is 1. The van der Waals surface area contributed by atoms with E-state index in [-0.39, 0.29) is 11.3 Å². The van der Waals surface area contributed by atoms with Gasteiger partial charge in [-0.2, -0.15) is 0 Å². The van der Waals surface area contributed by atoms with Crippen LogP contribution in [0.15, 0.2) is 48.0 Å². The Balaban J connectivity index is 1.80. The van der Waals surface area contributed by atoms with E-state index in [1.165, 1.54) is 19.1 Å². The minimum atomic E-state index is -0.844. The van der Waals surface area contributed by atoms with Gasteiger partial charge in [-0.15, -0.1) is 0 Å². The molecule has 1 N–H and O–H groups in total. The molecule has 0 saturated carbocycles. The van der Waals surface area contributed by atoms with Crippen molar-refractivity contribution in [3.8, 4) is 17.2 Å². The van der Waals surface area contributed by atoms with Crippen LogP contribution in [0, 0.1) is 0 Å². The van der Waals surface area contributed by atoms with Crippen molar-refractivity contribution >= 4 is 17.4 Å². The second kappa shape index (κ2) is 10.8. The molecule has 35 heavy (non-hydrogen) atoms. The second-order valence-electron chi connectivity index (χ2n) is 8.28. The summed E-state index contributed by atoms with van der Waals surface area (Å²) in [7, 11) is 4.61. The molecule has 9 nitrogen and oxygen atoms in total. The molecule has 2 aromatic rings. The van der Waals surface area contributed by atoms with Crippen molar-refractivity contribution in [2.75, 3.05) is 60.7 Å². The molecule has 1 atom stereocenters. The molecule has 2 aliphatic heterocycles. The summed E-state index contributed by atoms with van der Waals surface area (Å²) in [5, 5.41) is 11.3. The number of nitrogens with zero attached hydrogens (tertiary/aromatic N) is 2. The van der Waals surface area contributed by atoms with E-state index < -0.39 is 17.7 Å². The van der Waals surface area contributed by atoms with Crippen molar-refractivity contribution in [1.82, 2.24) is 9.80 Å². The van der Waals surface area contributed by atoms with Crippen LogP contribution in [-0.2, 0) is 14.3 Å². The van der Waals surface area contributed by atoms with Crippen LogP contribution in [0.3, 0.4) is 0 Å². The van der Waals surface area contributed by atoms with Gasteiger partial charge in [-0.25, -0.2) is 0 Å². The summed E-state index contributed by atoms with van der Waals surface area (Å²) in [6.07, 6.45) is 0. The molecule has 0 spiro atoms. The summed E-state index contributed by atoms with van der Waals surface area (Å²) in [5.74, 6) is -0.0228. The van der Waals surface area contributed by atoms with E-state index in [9.17, 15) is 14.7 Å². The quantitative estimate of drug-likeness (QED) is 0.348. The van der Waals surface area contributed by atoms with E-state index in [2.05, 4.69) is 4.90 Å². The van der Waals surface area contributed by atoms with Gasteiger partial charge in [-0.05, 0) is 42.5 Å². The third-order valence-electron chi connectivity index (χ3n) is 6.40. The van der Waals surface area contributed by atoms with Crippen LogP contribution in [0.5, 0.6) is 17.2 Å². The molecule has 0 aromatic heterocycles. The average molecular weight is 483 g/mol. The van der Waals surface area contributed by atoms with Gasteiger partial charge in [0.25, 0.3) is 11.7 Å². The lowest BCUT2D eigenvalue weighted by molar-refractivity contribution is -0.140. The summed E-state index contributed by atoms with van der Waals surface area (Å²) in [6, 6.07) is 11.0. The van der Waals surface area contributed by atoms with Crippen molar-refractivity contribution in [3.05, 3.63) is 59.2 Å². The smallest absolute Gasteiger partial charge is 0.295 e. The first-order valence-corrected chi connectivity index (χ1v) is 11.4. The van der Waals surface area contributed by atoms with Gasteiger partial charge in [-0.1, -0.05) is 0 Å². The van der Waals surface area contributed by atoms with Crippen LogP contribution in [-0.4, -0.2) is 87.3 Å². The number of methoxy groups -OCH3 is 3. The molecule has 1 amide bonds. The molecule has 9 heteroatoms. The van der Waals surface area contributed by atoms with Crippen LogP contribution >= 0.6 is 0 Å². The first-order chi connectivity index (χ1) is 17.0. The molecule has 4 rings (SSSR count). The molecule has 2 fully saturated rings. The largest absolute Gasteiger partial charge is 0.507 e. The fourth-order valence-corrected chi connectivity index (χ4v) is 4.47. The number of benzene rings is 2. The standard InChI is InChI=1S/C26H30N2O7/c1-32-18-6-4-17(5-7-18)24(29)22-23(20-16-19(33-2)8-9-21(20)34-3)28(26(31)25(22)30)11-10-27-12-14-35-15-13-27/h4-9,16,23,29H,10-15H2,1-3H3/b24-22+. The van der Waals surface area contributed by atoms with Crippen molar-refractivity contribution in [3.63, 3.8) is 0 Å². The monoisotopic (exact) mass is 482 g/mol. The van der Waals surface area contributed by atoms with Crippen molar-refractivity contribution in [1.29, 1.82) is 0 Å². The highest BCUT2D eigenvalue weighted by atomic mass is 16.5. The number of ketones is 1. The predicted octanol–water partition coefficient (Wildman–Crippen LogP) is 2.47. The van der Waals surface area contributed by atoms with E-state index in [4.69, 9.17) is 18.9 Å². The van der Waals surface area contributed by atoms with Crippen LogP contribution in [0.4, 0.5) is 0 Å². The van der Waals surface area contributed by atoms with Gasteiger partial charge in [0.05, 0.1) is 46.2 Å². The van der Waals surface area contributed by atoms with Crippen LogP contribution < -0.4 is 14.2 Å². The lowest BCUT2D eigenvalue weighted by Gasteiger charge is -2.31. The second-order valence-corrected chi connectivity index (χ2v) is 8.28. The van der Waals surface area contributed by atoms with Gasteiger partial charge in [0.15, 0.2) is 0 Å². The highest BCUT2D eigenvalue weighted by molar-refractivity contribution is 6.46. The van der Waals surface area contributed by atoms with E-state index >= 15 is 0 Å². The highest BCUT2D eigenvalue weighted by Gasteiger charge is 2.47. The molecule has 186 valence electrons. The van der Waals surface area contributed by atoms with Crippen LogP contribution in [0.1, 0.15) is 17.2 Å². The molecule has 2 heterocycles. The van der Waals surface area contributed by atoms with Gasteiger partial charge in [0.2, 0.25) is 0 Å². The third kappa shape index (κ3) is 4.96. The zero-order chi connectivity index (χ0) is 24.9. The zero-order valence-electron chi connectivity index (χ0n) is 20.2. The third-order valence-corrected chi connectivity index (χ3v) is 6.40. The summed E-state index contributed by atoms with van der Waals surface area (Å²) in [4.78, 5) is 30.3. The maximum absolute atomic E-state index is 13.3. The lowest BCUT2D eigenvalue weighted by atomic mass is 9.94. The topological polar surface area (TPSA) is 97.8 Å². The van der Waals surface area contributed by atoms with E-state index in [0.717, 1.165) is 13.1 Å². The Bertz CT molecular complexity index is 1110. The summed E-state index contributed by atoms with van der Waals surface area (Å²) >= 11 is 0. The van der Waals surface area contributed by atoms with Gasteiger partial charge < -0.3 is 29.0 Å². The lowest BCUT2D eigenvalue weighted by Crippen LogP contribution is -2.42. The van der Waals surface area contributed by atoms with Crippen LogP contribution in [0.2, 0.25) is 0 Å². The van der Waals surface area contributed by atoms with Gasteiger partial charge in [0.1, 0.15) is 23.0 Å². The number of rotatable bonds is 8. The Kier molecular flexibility index (Phi) is 7.57. The number of carbonyl (C=O) groups excluding carboxylic acids is 2. The molecule has 2 aliphatic rings. The van der Waals surface area contributed by atoms with Gasteiger partial charge in [0, 0.05) is 37.3 Å². The fourth-order valence-electron chi connectivity index (χ4n) is 4.47. The summed E-state index contributed by atoms with van der Waals surface area (Å²) in [5.41, 5.74) is 0.973. The minimum absolute atomic E-state index is 0.00805. The SMILES string of the molecule is COc1ccc(/C(O)=C2\C(=O)C(=O)N(CCN3CCOCC3)C2c2cc(OC)ccc2OC)cc1. The number of hydrogen-bond acceptors (Lipinski definition) is 8.